The van der Waals surface area contributed by atoms with Crippen molar-refractivity contribution >= 4 is 5.91 Å². The van der Waals surface area contributed by atoms with Gasteiger partial charge in [0.15, 0.2) is 0 Å². The van der Waals surface area contributed by atoms with Gasteiger partial charge in [-0.25, -0.2) is 0 Å². The molecule has 6 heteroatoms. The van der Waals surface area contributed by atoms with Gasteiger partial charge < -0.3 is 18.8 Å². The van der Waals surface area contributed by atoms with Gasteiger partial charge in [-0.05, 0) is 18.6 Å². The fraction of sp³-hybridized carbons (Fsp3) is 0.688. The summed E-state index contributed by atoms with van der Waals surface area (Å²) < 4.78 is 17.1. The summed E-state index contributed by atoms with van der Waals surface area (Å²) in [6.07, 6.45) is 3.54. The Bertz CT molecular complexity index is 494. The molecule has 0 N–H and O–H groups in total. The topological polar surface area (TPSA) is 55.2 Å². The number of rotatable bonds is 5. The standard InChI is InChI=1S/C16H24N2O4/c1-17(2)15(19)10-21-13-5-7-22-16(8-13)11-18(12-16)9-14-4-3-6-20-14/h3-4,6,13H,5,7-12H2,1-2H3. The van der Waals surface area contributed by atoms with Gasteiger partial charge >= 0.3 is 0 Å². The van der Waals surface area contributed by atoms with E-state index in [1.54, 1.807) is 25.3 Å². The molecule has 2 fully saturated rings. The molecule has 3 heterocycles. The van der Waals surface area contributed by atoms with Crippen LogP contribution in [0.3, 0.4) is 0 Å². The van der Waals surface area contributed by atoms with Gasteiger partial charge in [0.05, 0.1) is 24.5 Å². The van der Waals surface area contributed by atoms with E-state index in [-0.39, 0.29) is 24.2 Å². The van der Waals surface area contributed by atoms with Gasteiger partial charge in [0.1, 0.15) is 12.4 Å². The van der Waals surface area contributed by atoms with Gasteiger partial charge in [0, 0.05) is 40.2 Å². The third kappa shape index (κ3) is 3.51. The van der Waals surface area contributed by atoms with E-state index < -0.39 is 0 Å². The van der Waals surface area contributed by atoms with Gasteiger partial charge in [-0.1, -0.05) is 0 Å². The molecule has 2 saturated heterocycles. The summed E-state index contributed by atoms with van der Waals surface area (Å²) in [4.78, 5) is 15.5. The lowest BCUT2D eigenvalue weighted by molar-refractivity contribution is -0.200. The van der Waals surface area contributed by atoms with Crippen LogP contribution in [0.15, 0.2) is 22.8 Å². The Kier molecular flexibility index (Phi) is 4.52. The van der Waals surface area contributed by atoms with Crippen molar-refractivity contribution < 1.29 is 18.7 Å². The fourth-order valence-electron chi connectivity index (χ4n) is 3.17. The molecule has 3 rings (SSSR count). The number of nitrogens with zero attached hydrogens (tertiary/aromatic N) is 2. The molecule has 6 nitrogen and oxygen atoms in total. The second-order valence-corrected chi connectivity index (χ2v) is 6.47. The summed E-state index contributed by atoms with van der Waals surface area (Å²) >= 11 is 0. The van der Waals surface area contributed by atoms with Crippen LogP contribution in [0.4, 0.5) is 0 Å². The third-order valence-corrected chi connectivity index (χ3v) is 4.37. The first-order chi connectivity index (χ1) is 10.6. The van der Waals surface area contributed by atoms with E-state index in [1.165, 1.54) is 0 Å². The van der Waals surface area contributed by atoms with Crippen molar-refractivity contribution in [2.75, 3.05) is 40.4 Å². The van der Waals surface area contributed by atoms with E-state index >= 15 is 0 Å². The molecule has 22 heavy (non-hydrogen) atoms. The van der Waals surface area contributed by atoms with E-state index in [1.807, 2.05) is 12.1 Å². The molecule has 1 aromatic rings. The van der Waals surface area contributed by atoms with Crippen LogP contribution in [0, 0.1) is 0 Å². The summed E-state index contributed by atoms with van der Waals surface area (Å²) in [5.74, 6) is 0.989. The number of carbonyl (C=O) groups is 1. The highest BCUT2D eigenvalue weighted by atomic mass is 16.5. The lowest BCUT2D eigenvalue weighted by Crippen LogP contribution is -2.65. The molecule has 1 unspecified atom stereocenters. The molecule has 0 aliphatic carbocycles. The van der Waals surface area contributed by atoms with Crippen LogP contribution in [0.25, 0.3) is 0 Å². The molecule has 2 aliphatic heterocycles. The van der Waals surface area contributed by atoms with E-state index in [9.17, 15) is 4.79 Å². The summed E-state index contributed by atoms with van der Waals surface area (Å²) in [7, 11) is 3.49. The van der Waals surface area contributed by atoms with Crippen molar-refractivity contribution in [1.82, 2.24) is 9.80 Å². The Labute approximate surface area is 131 Å². The maximum Gasteiger partial charge on any atom is 0.248 e. The SMILES string of the molecule is CN(C)C(=O)COC1CCOC2(C1)CN(Cc1ccco1)C2. The first-order valence-electron chi connectivity index (χ1n) is 7.77. The van der Waals surface area contributed by atoms with Gasteiger partial charge in [-0.2, -0.15) is 0 Å². The molecule has 0 radical (unpaired) electrons. The molecule has 1 atom stereocenters. The van der Waals surface area contributed by atoms with Crippen LogP contribution >= 0.6 is 0 Å². The second kappa shape index (κ2) is 6.40. The lowest BCUT2D eigenvalue weighted by Gasteiger charge is -2.52. The number of likely N-dealkylation sites (N-methyl/N-ethyl adjacent to an activating group) is 1. The normalized spacial score (nSPS) is 24.2. The van der Waals surface area contributed by atoms with Crippen LogP contribution in [0.1, 0.15) is 18.6 Å². The zero-order valence-electron chi connectivity index (χ0n) is 13.3. The highest BCUT2D eigenvalue weighted by Crippen LogP contribution is 2.36. The number of hydrogen-bond donors (Lipinski definition) is 0. The van der Waals surface area contributed by atoms with Crippen molar-refractivity contribution in [2.45, 2.75) is 31.1 Å². The second-order valence-electron chi connectivity index (χ2n) is 6.47. The number of hydrogen-bond acceptors (Lipinski definition) is 5. The minimum Gasteiger partial charge on any atom is -0.468 e. The first-order valence-corrected chi connectivity index (χ1v) is 7.77. The van der Waals surface area contributed by atoms with E-state index in [0.29, 0.717) is 6.61 Å². The molecule has 0 bridgehead atoms. The zero-order chi connectivity index (χ0) is 15.6. The summed E-state index contributed by atoms with van der Waals surface area (Å²) in [6, 6.07) is 3.90. The van der Waals surface area contributed by atoms with Crippen molar-refractivity contribution in [3.05, 3.63) is 24.2 Å². The van der Waals surface area contributed by atoms with Crippen LogP contribution in [-0.4, -0.2) is 67.8 Å². The van der Waals surface area contributed by atoms with E-state index in [2.05, 4.69) is 4.90 Å². The number of amides is 1. The Morgan fingerprint density at radius 2 is 2.32 bits per heavy atom. The van der Waals surface area contributed by atoms with Crippen molar-refractivity contribution in [1.29, 1.82) is 0 Å². The van der Waals surface area contributed by atoms with Crippen LogP contribution in [0.5, 0.6) is 0 Å². The number of carbonyl (C=O) groups excluding carboxylic acids is 1. The van der Waals surface area contributed by atoms with Crippen molar-refractivity contribution in [3.8, 4) is 0 Å². The van der Waals surface area contributed by atoms with Crippen LogP contribution < -0.4 is 0 Å². The number of ether oxygens (including phenoxy) is 2. The quantitative estimate of drug-likeness (QED) is 0.816. The molecule has 1 amide bonds. The largest absolute Gasteiger partial charge is 0.468 e. The molecule has 0 saturated carbocycles. The van der Waals surface area contributed by atoms with Gasteiger partial charge in [0.25, 0.3) is 0 Å². The fourth-order valence-corrected chi connectivity index (χ4v) is 3.17. The predicted octanol–water partition coefficient (Wildman–Crippen LogP) is 1.12. The smallest absolute Gasteiger partial charge is 0.248 e. The molecule has 1 aromatic heterocycles. The monoisotopic (exact) mass is 308 g/mol. The van der Waals surface area contributed by atoms with Crippen molar-refractivity contribution in [2.24, 2.45) is 0 Å². The molecule has 2 aliphatic rings. The van der Waals surface area contributed by atoms with Gasteiger partial charge in [-0.15, -0.1) is 0 Å². The maximum atomic E-state index is 11.6. The highest BCUT2D eigenvalue weighted by Gasteiger charge is 2.47. The minimum absolute atomic E-state index is 0.00796. The Morgan fingerprint density at radius 3 is 3.00 bits per heavy atom. The number of furan rings is 1. The molecule has 122 valence electrons. The predicted molar refractivity (Wildman–Crippen MR) is 80.3 cm³/mol. The Balaban J connectivity index is 1.44. The highest BCUT2D eigenvalue weighted by molar-refractivity contribution is 5.76. The minimum atomic E-state index is -0.101. The molecular formula is C16H24N2O4. The summed E-state index contributed by atoms with van der Waals surface area (Å²) in [6.45, 7) is 3.48. The Morgan fingerprint density at radius 1 is 1.50 bits per heavy atom. The average Bonchev–Trinajstić information content (AvgIpc) is 2.96. The Hall–Kier alpha value is -1.37. The zero-order valence-corrected chi connectivity index (χ0v) is 13.3. The average molecular weight is 308 g/mol. The molecule has 0 aromatic carbocycles. The lowest BCUT2D eigenvalue weighted by atomic mass is 9.84. The molecule has 1 spiro atoms. The maximum absolute atomic E-state index is 11.6. The van der Waals surface area contributed by atoms with Crippen LogP contribution in [-0.2, 0) is 20.8 Å². The first kappa shape index (κ1) is 15.5. The third-order valence-electron chi connectivity index (χ3n) is 4.37. The van der Waals surface area contributed by atoms with E-state index in [0.717, 1.165) is 38.2 Å². The summed E-state index contributed by atoms with van der Waals surface area (Å²) in [5.41, 5.74) is -0.101. The van der Waals surface area contributed by atoms with Gasteiger partial charge in [0.2, 0.25) is 5.91 Å². The van der Waals surface area contributed by atoms with E-state index in [4.69, 9.17) is 13.9 Å². The van der Waals surface area contributed by atoms with Crippen molar-refractivity contribution in [3.63, 3.8) is 0 Å². The summed E-state index contributed by atoms with van der Waals surface area (Å²) in [5, 5.41) is 0. The molecular weight excluding hydrogens is 284 g/mol. The van der Waals surface area contributed by atoms with Gasteiger partial charge in [-0.3, -0.25) is 9.69 Å². The number of likely N-dealkylation sites (tertiary alicyclic amines) is 1. The van der Waals surface area contributed by atoms with Crippen LogP contribution in [0.2, 0.25) is 0 Å².